The van der Waals surface area contributed by atoms with Crippen molar-refractivity contribution in [2.24, 2.45) is 0 Å². The van der Waals surface area contributed by atoms with Gasteiger partial charge in [-0.2, -0.15) is 5.10 Å². The maximum absolute atomic E-state index is 13.8. The van der Waals surface area contributed by atoms with Crippen LogP contribution in [0.15, 0.2) is 42.5 Å². The van der Waals surface area contributed by atoms with Crippen LogP contribution in [-0.2, 0) is 4.79 Å². The first-order chi connectivity index (χ1) is 13.3. The van der Waals surface area contributed by atoms with Crippen molar-refractivity contribution < 1.29 is 18.0 Å². The van der Waals surface area contributed by atoms with Gasteiger partial charge in [0.2, 0.25) is 5.91 Å². The van der Waals surface area contributed by atoms with Gasteiger partial charge in [0, 0.05) is 0 Å². The van der Waals surface area contributed by atoms with Crippen molar-refractivity contribution in [2.45, 2.75) is 26.8 Å². The predicted octanol–water partition coefficient (Wildman–Crippen LogP) is 4.35. The maximum Gasteiger partial charge on any atom is 0.246 e. The Morgan fingerprint density at radius 3 is 2.39 bits per heavy atom. The molecule has 0 fully saturated rings. The summed E-state index contributed by atoms with van der Waals surface area (Å²) in [5, 5.41) is 9.80. The number of benzene rings is 2. The zero-order valence-electron chi connectivity index (χ0n) is 15.6. The fourth-order valence-corrected chi connectivity index (χ4v) is 2.82. The molecular weight excluding hydrogens is 369 g/mol. The minimum Gasteiger partial charge on any atom is -0.371 e. The minimum atomic E-state index is -1.63. The van der Waals surface area contributed by atoms with Gasteiger partial charge in [0.1, 0.15) is 6.04 Å². The Balaban J connectivity index is 1.78. The molecule has 146 valence electrons. The van der Waals surface area contributed by atoms with Gasteiger partial charge in [-0.1, -0.05) is 18.2 Å². The first kappa shape index (κ1) is 19.5. The van der Waals surface area contributed by atoms with Crippen molar-refractivity contribution in [1.82, 2.24) is 9.78 Å². The van der Waals surface area contributed by atoms with E-state index in [0.29, 0.717) is 11.4 Å². The van der Waals surface area contributed by atoms with Crippen LogP contribution in [0.1, 0.15) is 18.3 Å². The molecule has 0 spiro atoms. The third-order valence-corrected chi connectivity index (χ3v) is 4.34. The summed E-state index contributed by atoms with van der Waals surface area (Å²) < 4.78 is 41.9. The summed E-state index contributed by atoms with van der Waals surface area (Å²) >= 11 is 0. The summed E-state index contributed by atoms with van der Waals surface area (Å²) in [5.74, 6) is -4.99. The van der Waals surface area contributed by atoms with Crippen LogP contribution in [0.3, 0.4) is 0 Å². The van der Waals surface area contributed by atoms with E-state index < -0.39 is 35.1 Å². The maximum atomic E-state index is 13.8. The highest BCUT2D eigenvalue weighted by Gasteiger charge is 2.21. The molecule has 0 aliphatic heterocycles. The molecule has 2 N–H and O–H groups in total. The zero-order valence-corrected chi connectivity index (χ0v) is 15.6. The first-order valence-corrected chi connectivity index (χ1v) is 8.62. The Hall–Kier alpha value is -3.29. The molecule has 3 rings (SSSR count). The second kappa shape index (κ2) is 7.75. The molecule has 0 bridgehead atoms. The molecule has 1 aromatic heterocycles. The lowest BCUT2D eigenvalue weighted by molar-refractivity contribution is -0.116. The molecule has 1 atom stereocenters. The highest BCUT2D eigenvalue weighted by atomic mass is 19.2. The SMILES string of the molecule is Cc1nn(-c2ccccc2)c(C)c1N[C@H](C)C(=O)Nc1ccc(F)c(F)c1F. The van der Waals surface area contributed by atoms with Gasteiger partial charge in [-0.3, -0.25) is 4.79 Å². The molecule has 2 aromatic carbocycles. The molecule has 8 heteroatoms. The first-order valence-electron chi connectivity index (χ1n) is 8.62. The highest BCUT2D eigenvalue weighted by molar-refractivity contribution is 5.96. The van der Waals surface area contributed by atoms with Gasteiger partial charge in [0.05, 0.1) is 28.5 Å². The lowest BCUT2D eigenvalue weighted by Crippen LogP contribution is -2.32. The van der Waals surface area contributed by atoms with Crippen LogP contribution < -0.4 is 10.6 Å². The molecule has 1 heterocycles. The van der Waals surface area contributed by atoms with E-state index in [4.69, 9.17) is 0 Å². The van der Waals surface area contributed by atoms with Crippen LogP contribution >= 0.6 is 0 Å². The minimum absolute atomic E-state index is 0.425. The predicted molar refractivity (Wildman–Crippen MR) is 101 cm³/mol. The van der Waals surface area contributed by atoms with Crippen molar-refractivity contribution in [2.75, 3.05) is 10.6 Å². The van der Waals surface area contributed by atoms with Gasteiger partial charge < -0.3 is 10.6 Å². The van der Waals surface area contributed by atoms with Crippen LogP contribution in [0.4, 0.5) is 24.5 Å². The molecule has 0 unspecified atom stereocenters. The quantitative estimate of drug-likeness (QED) is 0.639. The Morgan fingerprint density at radius 1 is 1.04 bits per heavy atom. The number of aryl methyl sites for hydroxylation is 1. The number of carbonyl (C=O) groups is 1. The fraction of sp³-hybridized carbons (Fsp3) is 0.200. The molecule has 0 aliphatic carbocycles. The Morgan fingerprint density at radius 2 is 1.71 bits per heavy atom. The van der Waals surface area contributed by atoms with E-state index in [2.05, 4.69) is 15.7 Å². The summed E-state index contributed by atoms with van der Waals surface area (Å²) in [6.45, 7) is 5.23. The third-order valence-electron chi connectivity index (χ3n) is 4.34. The Kier molecular flexibility index (Phi) is 5.39. The molecule has 0 aliphatic rings. The molecule has 0 saturated carbocycles. The van der Waals surface area contributed by atoms with Crippen LogP contribution in [-0.4, -0.2) is 21.7 Å². The molecule has 0 saturated heterocycles. The number of nitrogens with zero attached hydrogens (tertiary/aromatic N) is 2. The third kappa shape index (κ3) is 3.71. The van der Waals surface area contributed by atoms with Crippen molar-refractivity contribution in [1.29, 1.82) is 0 Å². The molecule has 5 nitrogen and oxygen atoms in total. The zero-order chi connectivity index (χ0) is 20.4. The van der Waals surface area contributed by atoms with Gasteiger partial charge in [-0.15, -0.1) is 0 Å². The Labute approximate surface area is 160 Å². The Bertz CT molecular complexity index is 1020. The number of aromatic nitrogens is 2. The summed E-state index contributed by atoms with van der Waals surface area (Å²) in [6, 6.07) is 10.5. The summed E-state index contributed by atoms with van der Waals surface area (Å²) in [4.78, 5) is 12.4. The van der Waals surface area contributed by atoms with E-state index in [1.807, 2.05) is 37.3 Å². The molecule has 28 heavy (non-hydrogen) atoms. The number of hydrogen-bond donors (Lipinski definition) is 2. The van der Waals surface area contributed by atoms with Gasteiger partial charge in [-0.05, 0) is 45.0 Å². The average molecular weight is 388 g/mol. The number of carbonyl (C=O) groups excluding carboxylic acids is 1. The smallest absolute Gasteiger partial charge is 0.246 e. The van der Waals surface area contributed by atoms with E-state index in [1.165, 1.54) is 0 Å². The summed E-state index contributed by atoms with van der Waals surface area (Å²) in [7, 11) is 0. The largest absolute Gasteiger partial charge is 0.371 e. The number of amides is 1. The molecule has 1 amide bonds. The number of hydrogen-bond acceptors (Lipinski definition) is 3. The van der Waals surface area contributed by atoms with Gasteiger partial charge in [-0.25, -0.2) is 17.9 Å². The lowest BCUT2D eigenvalue weighted by atomic mass is 10.2. The fourth-order valence-electron chi connectivity index (χ4n) is 2.82. The van der Waals surface area contributed by atoms with Crippen LogP contribution in [0.5, 0.6) is 0 Å². The van der Waals surface area contributed by atoms with Crippen LogP contribution in [0.25, 0.3) is 5.69 Å². The van der Waals surface area contributed by atoms with Crippen molar-refractivity contribution in [3.63, 3.8) is 0 Å². The number of halogens is 3. The van der Waals surface area contributed by atoms with E-state index in [0.717, 1.165) is 23.5 Å². The lowest BCUT2D eigenvalue weighted by Gasteiger charge is -2.16. The van der Waals surface area contributed by atoms with E-state index >= 15 is 0 Å². The van der Waals surface area contributed by atoms with Gasteiger partial charge in [0.15, 0.2) is 17.5 Å². The van der Waals surface area contributed by atoms with Crippen LogP contribution in [0, 0.1) is 31.3 Å². The number of nitrogens with one attached hydrogen (secondary N) is 2. The molecule has 0 radical (unpaired) electrons. The molecular formula is C20H19F3N4O. The van der Waals surface area contributed by atoms with E-state index in [1.54, 1.807) is 18.5 Å². The van der Waals surface area contributed by atoms with E-state index in [9.17, 15) is 18.0 Å². The monoisotopic (exact) mass is 388 g/mol. The van der Waals surface area contributed by atoms with Crippen molar-refractivity contribution in [3.8, 4) is 5.69 Å². The second-order valence-corrected chi connectivity index (χ2v) is 6.37. The number of anilines is 2. The summed E-state index contributed by atoms with van der Waals surface area (Å²) in [5.41, 5.74) is 2.59. The van der Waals surface area contributed by atoms with Gasteiger partial charge in [0.25, 0.3) is 0 Å². The average Bonchev–Trinajstić information content (AvgIpc) is 2.97. The van der Waals surface area contributed by atoms with Crippen LogP contribution in [0.2, 0.25) is 0 Å². The standard InChI is InChI=1S/C20H19F3N4O/c1-11-19(13(3)27(26-11)14-7-5-4-6-8-14)24-12(2)20(28)25-16-10-9-15(21)17(22)18(16)23/h4-10,12,24H,1-3H3,(H,25,28)/t12-/m1/s1. The molecule has 3 aromatic rings. The second-order valence-electron chi connectivity index (χ2n) is 6.37. The van der Waals surface area contributed by atoms with Crippen molar-refractivity contribution in [3.05, 3.63) is 71.3 Å². The summed E-state index contributed by atoms with van der Waals surface area (Å²) in [6.07, 6.45) is 0. The topological polar surface area (TPSA) is 59.0 Å². The van der Waals surface area contributed by atoms with E-state index in [-0.39, 0.29) is 0 Å². The normalized spacial score (nSPS) is 11.9. The number of para-hydroxylation sites is 1. The highest BCUT2D eigenvalue weighted by Crippen LogP contribution is 2.24. The van der Waals surface area contributed by atoms with Gasteiger partial charge >= 0.3 is 0 Å². The van der Waals surface area contributed by atoms with Crippen molar-refractivity contribution >= 4 is 17.3 Å². The number of rotatable bonds is 5.